The number of nitrogens with one attached hydrogen (secondary N) is 2. The van der Waals surface area contributed by atoms with E-state index in [4.69, 9.17) is 11.5 Å². The lowest BCUT2D eigenvalue weighted by molar-refractivity contribution is -0.0366. The summed E-state index contributed by atoms with van der Waals surface area (Å²) in [5.41, 5.74) is 13.1. The Kier molecular flexibility index (Phi) is 9.67. The summed E-state index contributed by atoms with van der Waals surface area (Å²) in [5.74, 6) is -4.45. The summed E-state index contributed by atoms with van der Waals surface area (Å²) in [5, 5.41) is 7.47. The van der Waals surface area contributed by atoms with Gasteiger partial charge in [0.25, 0.3) is 11.1 Å². The van der Waals surface area contributed by atoms with E-state index >= 15 is 0 Å². The maximum atomic E-state index is 13.4. The Labute approximate surface area is 279 Å². The van der Waals surface area contributed by atoms with Crippen molar-refractivity contribution in [2.24, 2.45) is 7.05 Å². The average Bonchev–Trinajstić information content (AvgIpc) is 3.06. The van der Waals surface area contributed by atoms with Crippen LogP contribution in [0.1, 0.15) is 89.5 Å². The summed E-state index contributed by atoms with van der Waals surface area (Å²) in [4.78, 5) is 41.7. The van der Waals surface area contributed by atoms with Gasteiger partial charge in [0.15, 0.2) is 5.65 Å². The van der Waals surface area contributed by atoms with E-state index in [1.807, 2.05) is 0 Å². The number of nitrogens with two attached hydrogens (primary N) is 2. The highest BCUT2D eigenvalue weighted by Crippen LogP contribution is 2.36. The normalized spacial score (nSPS) is 20.1. The van der Waals surface area contributed by atoms with Gasteiger partial charge < -0.3 is 22.1 Å². The predicted molar refractivity (Wildman–Crippen MR) is 181 cm³/mol. The van der Waals surface area contributed by atoms with Crippen LogP contribution in [0.15, 0.2) is 34.1 Å². The van der Waals surface area contributed by atoms with Gasteiger partial charge in [0.2, 0.25) is 23.7 Å². The van der Waals surface area contributed by atoms with Crippen LogP contribution in [0.3, 0.4) is 0 Å². The summed E-state index contributed by atoms with van der Waals surface area (Å²) < 4.78 is 56.2. The molecule has 0 aliphatic heterocycles. The Balaban J connectivity index is 0.000000174. The Morgan fingerprint density at radius 2 is 1.14 bits per heavy atom. The third kappa shape index (κ3) is 7.88. The number of fused-ring (bicyclic) bond motifs is 2. The highest BCUT2D eigenvalue weighted by molar-refractivity contribution is 5.88. The van der Waals surface area contributed by atoms with Crippen molar-refractivity contribution in [3.05, 3.63) is 45.2 Å². The summed E-state index contributed by atoms with van der Waals surface area (Å²) in [7, 11) is 1.60. The minimum atomic E-state index is -2.57. The van der Waals surface area contributed by atoms with Crippen LogP contribution in [-0.2, 0) is 7.05 Å². The Morgan fingerprint density at radius 1 is 0.694 bits per heavy atom. The molecule has 0 atom stereocenters. The van der Waals surface area contributed by atoms with Crippen LogP contribution in [-0.4, -0.2) is 53.0 Å². The van der Waals surface area contributed by atoms with E-state index in [9.17, 15) is 27.2 Å². The number of alkyl halides is 4. The van der Waals surface area contributed by atoms with Crippen LogP contribution in [0.4, 0.5) is 40.8 Å². The first kappa shape index (κ1) is 34.4. The fraction of sp³-hybridized carbons (Fsp3) is 0.576. The average molecular weight is 687 g/mol. The lowest BCUT2D eigenvalue weighted by atomic mass is 9.92. The molecule has 3 aliphatic carbocycles. The van der Waals surface area contributed by atoms with E-state index in [1.165, 1.54) is 29.3 Å². The molecule has 12 nitrogen and oxygen atoms in total. The van der Waals surface area contributed by atoms with Crippen molar-refractivity contribution >= 4 is 45.3 Å². The molecule has 0 saturated heterocycles. The van der Waals surface area contributed by atoms with Gasteiger partial charge in [-0.3, -0.25) is 18.7 Å². The number of rotatable bonds is 5. The summed E-state index contributed by atoms with van der Waals surface area (Å²) in [6, 6.07) is 2.71. The van der Waals surface area contributed by atoms with Crippen molar-refractivity contribution in [3.63, 3.8) is 0 Å². The number of pyridine rings is 2. The topological polar surface area (TPSA) is 172 Å². The monoisotopic (exact) mass is 686 g/mol. The van der Waals surface area contributed by atoms with E-state index in [1.54, 1.807) is 17.8 Å². The third-order valence-electron chi connectivity index (χ3n) is 9.87. The molecule has 3 aliphatic rings. The van der Waals surface area contributed by atoms with E-state index in [-0.39, 0.29) is 54.9 Å². The largest absolute Gasteiger partial charge is 0.398 e. The molecule has 4 heterocycles. The zero-order chi connectivity index (χ0) is 34.9. The van der Waals surface area contributed by atoms with Crippen LogP contribution in [0.2, 0.25) is 0 Å². The minimum Gasteiger partial charge on any atom is -0.398 e. The van der Waals surface area contributed by atoms with Crippen LogP contribution >= 0.6 is 0 Å². The van der Waals surface area contributed by atoms with Gasteiger partial charge in [-0.1, -0.05) is 19.3 Å². The molecule has 3 fully saturated rings. The van der Waals surface area contributed by atoms with Crippen molar-refractivity contribution in [1.29, 1.82) is 0 Å². The number of halogens is 4. The lowest BCUT2D eigenvalue weighted by Crippen LogP contribution is -2.32. The quantitative estimate of drug-likeness (QED) is 0.189. The number of hydrogen-bond acceptors (Lipinski definition) is 10. The molecule has 4 aromatic rings. The molecule has 49 heavy (non-hydrogen) atoms. The summed E-state index contributed by atoms with van der Waals surface area (Å²) in [6.07, 6.45) is 9.39. The molecule has 0 spiro atoms. The van der Waals surface area contributed by atoms with Gasteiger partial charge in [-0.2, -0.15) is 9.97 Å². The van der Waals surface area contributed by atoms with Crippen molar-refractivity contribution in [1.82, 2.24) is 29.1 Å². The van der Waals surface area contributed by atoms with Gasteiger partial charge in [0, 0.05) is 86.8 Å². The van der Waals surface area contributed by atoms with Gasteiger partial charge in [0.05, 0.1) is 10.8 Å². The highest BCUT2D eigenvalue weighted by atomic mass is 19.3. The number of hydrogen-bond donors (Lipinski definition) is 4. The van der Waals surface area contributed by atoms with Gasteiger partial charge in [-0.25, -0.2) is 27.5 Å². The van der Waals surface area contributed by atoms with Crippen molar-refractivity contribution < 1.29 is 17.6 Å². The molecule has 0 amide bonds. The molecule has 0 radical (unpaired) electrons. The zero-order valence-corrected chi connectivity index (χ0v) is 27.4. The van der Waals surface area contributed by atoms with E-state index < -0.39 is 11.8 Å². The van der Waals surface area contributed by atoms with E-state index in [2.05, 4.69) is 30.6 Å². The maximum absolute atomic E-state index is 13.4. The molecule has 3 saturated carbocycles. The standard InChI is InChI=1S/C19H25F2N5O.C14H17F2N5O/c20-19(21)8-6-12(7-9-19)24-18-23-11-14-15(22)10-16(27)26(17(14)25-18)13-4-2-1-3-5-13;1-21-11(22)6-10(17)9-7-18-13(20-12(9)21)19-8-2-4-14(15,16)5-3-8/h10-13H,1-9,22H2,(H,23,24,25);6-8H,2-5,17H2,1H3,(H,18,19,20). The first-order chi connectivity index (χ1) is 23.3. The Morgan fingerprint density at radius 3 is 1.65 bits per heavy atom. The molecule has 16 heteroatoms. The Bertz CT molecular complexity index is 1920. The van der Waals surface area contributed by atoms with Crippen LogP contribution < -0.4 is 33.2 Å². The second-order valence-electron chi connectivity index (χ2n) is 13.5. The fourth-order valence-electron chi connectivity index (χ4n) is 6.95. The predicted octanol–water partition coefficient (Wildman–Crippen LogP) is 5.77. The van der Waals surface area contributed by atoms with Crippen LogP contribution in [0.25, 0.3) is 22.1 Å². The smallest absolute Gasteiger partial charge is 0.254 e. The van der Waals surface area contributed by atoms with Crippen LogP contribution in [0, 0.1) is 0 Å². The minimum absolute atomic E-state index is 0.0852. The second-order valence-corrected chi connectivity index (χ2v) is 13.5. The number of nitrogens with zero attached hydrogens (tertiary/aromatic N) is 6. The molecule has 0 bridgehead atoms. The molecule has 264 valence electrons. The summed E-state index contributed by atoms with van der Waals surface area (Å²) >= 11 is 0. The Hall–Kier alpha value is -4.50. The maximum Gasteiger partial charge on any atom is 0.254 e. The van der Waals surface area contributed by atoms with Crippen molar-refractivity contribution in [2.45, 2.75) is 113 Å². The number of aromatic nitrogens is 6. The van der Waals surface area contributed by atoms with Gasteiger partial charge in [-0.15, -0.1) is 0 Å². The zero-order valence-electron chi connectivity index (χ0n) is 27.4. The van der Waals surface area contributed by atoms with Crippen molar-refractivity contribution in [3.8, 4) is 0 Å². The lowest BCUT2D eigenvalue weighted by Gasteiger charge is -2.29. The first-order valence-electron chi connectivity index (χ1n) is 16.9. The second kappa shape index (κ2) is 13.8. The molecular weight excluding hydrogens is 644 g/mol. The molecule has 6 N–H and O–H groups in total. The van der Waals surface area contributed by atoms with E-state index in [0.717, 1.165) is 25.7 Å². The number of nitrogen functional groups attached to an aromatic ring is 2. The molecule has 0 aromatic carbocycles. The molecule has 4 aromatic heterocycles. The van der Waals surface area contributed by atoms with Gasteiger partial charge in [-0.05, 0) is 38.5 Å². The van der Waals surface area contributed by atoms with Gasteiger partial charge in [0.1, 0.15) is 5.65 Å². The van der Waals surface area contributed by atoms with Crippen LogP contribution in [0.5, 0.6) is 0 Å². The number of anilines is 4. The molecule has 7 rings (SSSR count). The summed E-state index contributed by atoms with van der Waals surface area (Å²) in [6.45, 7) is 0. The highest BCUT2D eigenvalue weighted by Gasteiger charge is 2.36. The first-order valence-corrected chi connectivity index (χ1v) is 16.9. The van der Waals surface area contributed by atoms with Crippen molar-refractivity contribution in [2.75, 3.05) is 22.1 Å². The SMILES string of the molecule is Cn1c(=O)cc(N)c2cnc(NC3CCC(F)(F)CC3)nc21.Nc1cc(=O)n(C2CCCCC2)c2nc(NC3CCC(F)(F)CC3)ncc12. The molecule has 0 unspecified atom stereocenters. The van der Waals surface area contributed by atoms with Gasteiger partial charge >= 0.3 is 0 Å². The van der Waals surface area contributed by atoms with E-state index in [0.29, 0.717) is 71.0 Å². The third-order valence-corrected chi connectivity index (χ3v) is 9.87. The number of aryl methyl sites for hydroxylation is 1. The molecular formula is C33H42F4N10O2. The fourth-order valence-corrected chi connectivity index (χ4v) is 6.95.